The van der Waals surface area contributed by atoms with E-state index in [4.69, 9.17) is 9.29 Å². The number of carbonyl (C=O) groups is 1. The predicted octanol–water partition coefficient (Wildman–Crippen LogP) is 4.13. The highest BCUT2D eigenvalue weighted by Gasteiger charge is 2.32. The highest BCUT2D eigenvalue weighted by atomic mass is 32.2. The summed E-state index contributed by atoms with van der Waals surface area (Å²) >= 11 is -1.92. The maximum Gasteiger partial charge on any atom is 0.410 e. The SMILES string of the molecule is CC(C)(C)OC(=O)N1CCC(C2CCN(c3ccc(S(=O)O)cc3)CC2)CC1. The van der Waals surface area contributed by atoms with Crippen LogP contribution >= 0.6 is 0 Å². The number of likely N-dealkylation sites (tertiary alicyclic amines) is 1. The molecule has 2 saturated heterocycles. The molecule has 2 aliphatic heterocycles. The summed E-state index contributed by atoms with van der Waals surface area (Å²) in [4.78, 5) is 16.9. The monoisotopic (exact) mass is 408 g/mol. The first kappa shape index (κ1) is 21.1. The van der Waals surface area contributed by atoms with Gasteiger partial charge in [-0.05, 0) is 82.6 Å². The highest BCUT2D eigenvalue weighted by Crippen LogP contribution is 2.34. The van der Waals surface area contributed by atoms with Gasteiger partial charge < -0.3 is 19.1 Å². The van der Waals surface area contributed by atoms with Crippen molar-refractivity contribution < 1.29 is 18.3 Å². The van der Waals surface area contributed by atoms with E-state index in [2.05, 4.69) is 4.90 Å². The van der Waals surface area contributed by atoms with E-state index >= 15 is 0 Å². The molecule has 2 fully saturated rings. The average molecular weight is 409 g/mol. The molecule has 1 atom stereocenters. The van der Waals surface area contributed by atoms with E-state index in [1.165, 1.54) is 0 Å². The lowest BCUT2D eigenvalue weighted by atomic mass is 9.79. The third kappa shape index (κ3) is 5.47. The zero-order valence-electron chi connectivity index (χ0n) is 17.1. The molecule has 1 aromatic rings. The van der Waals surface area contributed by atoms with E-state index < -0.39 is 16.7 Å². The molecule has 2 heterocycles. The topological polar surface area (TPSA) is 70.1 Å². The van der Waals surface area contributed by atoms with E-state index in [1.807, 2.05) is 37.8 Å². The molecule has 0 aromatic heterocycles. The summed E-state index contributed by atoms with van der Waals surface area (Å²) in [5.74, 6) is 1.39. The van der Waals surface area contributed by atoms with Crippen molar-refractivity contribution in [1.29, 1.82) is 0 Å². The lowest BCUT2D eigenvalue weighted by Gasteiger charge is -2.41. The Bertz CT molecular complexity index is 685. The smallest absolute Gasteiger partial charge is 0.410 e. The normalized spacial score (nSPS) is 20.9. The minimum Gasteiger partial charge on any atom is -0.444 e. The van der Waals surface area contributed by atoms with Crippen LogP contribution < -0.4 is 4.90 Å². The summed E-state index contributed by atoms with van der Waals surface area (Å²) in [6.07, 6.45) is 4.24. The van der Waals surface area contributed by atoms with Gasteiger partial charge in [0, 0.05) is 31.9 Å². The third-order valence-electron chi connectivity index (χ3n) is 5.80. The standard InChI is InChI=1S/C21H32N2O4S/c1-21(2,3)27-20(24)23-14-10-17(11-15-23)16-8-12-22(13-9-16)18-4-6-19(7-5-18)28(25)26/h4-7,16-17H,8-15H2,1-3H3,(H,25,26). The summed E-state index contributed by atoms with van der Waals surface area (Å²) in [7, 11) is 0. The molecule has 1 unspecified atom stereocenters. The van der Waals surface area contributed by atoms with E-state index in [-0.39, 0.29) is 6.09 Å². The third-order valence-corrected chi connectivity index (χ3v) is 6.48. The molecule has 0 aliphatic carbocycles. The van der Waals surface area contributed by atoms with E-state index in [9.17, 15) is 9.00 Å². The Morgan fingerprint density at radius 1 is 1.00 bits per heavy atom. The van der Waals surface area contributed by atoms with Crippen LogP contribution in [0.25, 0.3) is 0 Å². The zero-order valence-corrected chi connectivity index (χ0v) is 17.9. The van der Waals surface area contributed by atoms with Crippen molar-refractivity contribution in [1.82, 2.24) is 4.90 Å². The number of rotatable bonds is 3. The Hall–Kier alpha value is -1.60. The Morgan fingerprint density at radius 3 is 1.96 bits per heavy atom. The average Bonchev–Trinajstić information content (AvgIpc) is 2.67. The second kappa shape index (κ2) is 8.82. The van der Waals surface area contributed by atoms with Crippen molar-refractivity contribution in [2.24, 2.45) is 11.8 Å². The van der Waals surface area contributed by atoms with Crippen molar-refractivity contribution in [3.8, 4) is 0 Å². The first-order chi connectivity index (χ1) is 13.2. The van der Waals surface area contributed by atoms with E-state index in [1.54, 1.807) is 12.1 Å². The summed E-state index contributed by atoms with van der Waals surface area (Å²) in [6, 6.07) is 7.32. The van der Waals surface area contributed by atoms with Gasteiger partial charge in [0.25, 0.3) is 0 Å². The van der Waals surface area contributed by atoms with Gasteiger partial charge in [-0.1, -0.05) is 0 Å². The summed E-state index contributed by atoms with van der Waals surface area (Å²) < 4.78 is 25.7. The van der Waals surface area contributed by atoms with Gasteiger partial charge in [-0.2, -0.15) is 0 Å². The lowest BCUT2D eigenvalue weighted by molar-refractivity contribution is 0.0152. The fourth-order valence-corrected chi connectivity index (χ4v) is 4.65. The maximum absolute atomic E-state index is 12.2. The number of hydrogen-bond donors (Lipinski definition) is 1. The van der Waals surface area contributed by atoms with Gasteiger partial charge in [-0.15, -0.1) is 0 Å². The number of nitrogens with zero attached hydrogens (tertiary/aromatic N) is 2. The van der Waals surface area contributed by atoms with Crippen molar-refractivity contribution in [2.45, 2.75) is 57.0 Å². The number of ether oxygens (including phenoxy) is 1. The molecule has 1 N–H and O–H groups in total. The largest absolute Gasteiger partial charge is 0.444 e. The summed E-state index contributed by atoms with van der Waals surface area (Å²) in [5, 5.41) is 0. The van der Waals surface area contributed by atoms with Crippen LogP contribution in [0, 0.1) is 11.8 Å². The fourth-order valence-electron chi connectivity index (χ4n) is 4.28. The minimum atomic E-state index is -1.92. The Balaban J connectivity index is 1.46. The molecule has 0 bridgehead atoms. The number of carbonyl (C=O) groups excluding carboxylic acids is 1. The van der Waals surface area contributed by atoms with Gasteiger partial charge in [0.1, 0.15) is 5.60 Å². The van der Waals surface area contributed by atoms with Crippen molar-refractivity contribution in [3.05, 3.63) is 24.3 Å². The molecule has 1 amide bonds. The number of amides is 1. The van der Waals surface area contributed by atoms with Crippen LogP contribution in [0.15, 0.2) is 29.2 Å². The van der Waals surface area contributed by atoms with Crippen LogP contribution in [0.3, 0.4) is 0 Å². The van der Waals surface area contributed by atoms with Crippen LogP contribution in [0.4, 0.5) is 10.5 Å². The van der Waals surface area contributed by atoms with Gasteiger partial charge in [-0.3, -0.25) is 0 Å². The minimum absolute atomic E-state index is 0.187. The molecule has 0 radical (unpaired) electrons. The van der Waals surface area contributed by atoms with Crippen LogP contribution in [0.1, 0.15) is 46.5 Å². The molecule has 28 heavy (non-hydrogen) atoms. The van der Waals surface area contributed by atoms with Gasteiger partial charge in [0.05, 0.1) is 4.90 Å². The molecule has 6 nitrogen and oxygen atoms in total. The lowest BCUT2D eigenvalue weighted by Crippen LogP contribution is -2.44. The van der Waals surface area contributed by atoms with Crippen molar-refractivity contribution >= 4 is 22.9 Å². The number of hydrogen-bond acceptors (Lipinski definition) is 4. The molecular weight excluding hydrogens is 376 g/mol. The second-order valence-corrected chi connectivity index (χ2v) is 9.84. The quantitative estimate of drug-likeness (QED) is 0.762. The first-order valence-corrected chi connectivity index (χ1v) is 11.3. The summed E-state index contributed by atoms with van der Waals surface area (Å²) in [6.45, 7) is 9.32. The van der Waals surface area contributed by atoms with Gasteiger partial charge in [-0.25, -0.2) is 9.00 Å². The highest BCUT2D eigenvalue weighted by molar-refractivity contribution is 7.79. The molecule has 156 valence electrons. The van der Waals surface area contributed by atoms with Crippen LogP contribution in [-0.4, -0.2) is 51.5 Å². The fraction of sp³-hybridized carbons (Fsp3) is 0.667. The van der Waals surface area contributed by atoms with Crippen LogP contribution in [-0.2, 0) is 15.8 Å². The number of benzene rings is 1. The van der Waals surface area contributed by atoms with Crippen molar-refractivity contribution in [3.63, 3.8) is 0 Å². The van der Waals surface area contributed by atoms with Gasteiger partial charge in [0.2, 0.25) is 0 Å². The van der Waals surface area contributed by atoms with Crippen LogP contribution in [0.5, 0.6) is 0 Å². The second-order valence-electron chi connectivity index (χ2n) is 8.87. The van der Waals surface area contributed by atoms with Crippen LogP contribution in [0.2, 0.25) is 0 Å². The Kier molecular flexibility index (Phi) is 6.65. The van der Waals surface area contributed by atoms with Gasteiger partial charge in [0.15, 0.2) is 11.1 Å². The van der Waals surface area contributed by atoms with Crippen molar-refractivity contribution in [2.75, 3.05) is 31.1 Å². The molecular formula is C21H32N2O4S. The summed E-state index contributed by atoms with van der Waals surface area (Å²) in [5.41, 5.74) is 0.679. The van der Waals surface area contributed by atoms with E-state index in [0.29, 0.717) is 16.7 Å². The van der Waals surface area contributed by atoms with E-state index in [0.717, 1.165) is 57.5 Å². The molecule has 2 aliphatic rings. The molecule has 0 spiro atoms. The molecule has 0 saturated carbocycles. The number of piperidine rings is 2. The molecule has 7 heteroatoms. The molecule has 1 aromatic carbocycles. The maximum atomic E-state index is 12.2. The van der Waals surface area contributed by atoms with Gasteiger partial charge >= 0.3 is 6.09 Å². The number of anilines is 1. The zero-order chi connectivity index (χ0) is 20.3. The first-order valence-electron chi connectivity index (χ1n) is 10.2. The Morgan fingerprint density at radius 2 is 1.50 bits per heavy atom. The molecule has 3 rings (SSSR count). The predicted molar refractivity (Wildman–Crippen MR) is 111 cm³/mol. The Labute approximate surface area is 170 Å².